The van der Waals surface area contributed by atoms with Gasteiger partial charge in [-0.25, -0.2) is 31.5 Å². The molecule has 4 aromatic heterocycles. The minimum atomic E-state index is -3.33. The highest BCUT2D eigenvalue weighted by molar-refractivity contribution is 8.15. The molecule has 0 amide bonds. The summed E-state index contributed by atoms with van der Waals surface area (Å²) in [7, 11) is -1.73. The number of benzene rings is 4. The second kappa shape index (κ2) is 41.7. The largest absolute Gasteiger partial charge is 0.497 e. The first-order valence-electron chi connectivity index (χ1n) is 38.7. The number of rotatable bonds is 26. The van der Waals surface area contributed by atoms with E-state index in [4.69, 9.17) is 47.9 Å². The maximum absolute atomic E-state index is 13.2. The second-order valence-electron chi connectivity index (χ2n) is 28.2. The van der Waals surface area contributed by atoms with Gasteiger partial charge in [-0.2, -0.15) is 5.26 Å². The molecule has 8 saturated heterocycles. The van der Waals surface area contributed by atoms with Crippen LogP contribution >= 0.6 is 47.0 Å². The molecule has 8 fully saturated rings. The van der Waals surface area contributed by atoms with Crippen LogP contribution in [0, 0.1) is 17.1 Å². The number of sulfone groups is 1. The molecule has 12 N–H and O–H groups in total. The van der Waals surface area contributed by atoms with E-state index in [9.17, 15) is 53.7 Å². The van der Waals surface area contributed by atoms with E-state index >= 15 is 0 Å². The number of nitriles is 1. The van der Waals surface area contributed by atoms with Crippen molar-refractivity contribution in [3.8, 4) is 34.8 Å². The Bertz CT molecular complexity index is 5050. The van der Waals surface area contributed by atoms with E-state index in [0.717, 1.165) is 11.4 Å². The topological polar surface area (TPSA) is 523 Å². The molecule has 4 aromatic carbocycles. The molecular formula is C75H94FN21O19S5. The van der Waals surface area contributed by atoms with Gasteiger partial charge in [-0.3, -0.25) is 20.0 Å². The molecule has 20 atom stereocenters. The van der Waals surface area contributed by atoms with Gasteiger partial charge in [0.15, 0.2) is 30.5 Å². The zero-order chi connectivity index (χ0) is 85.4. The molecule has 0 saturated carbocycles. The van der Waals surface area contributed by atoms with Crippen LogP contribution in [0.1, 0.15) is 56.0 Å². The highest BCUT2D eigenvalue weighted by Gasteiger charge is 2.53. The molecule has 8 aliphatic heterocycles. The highest BCUT2D eigenvalue weighted by atomic mass is 32.2. The zero-order valence-electron chi connectivity index (χ0n) is 66.2. The van der Waals surface area contributed by atoms with Gasteiger partial charge in [-0.1, -0.05) is 98.2 Å². The minimum Gasteiger partial charge on any atom is -0.497 e. The number of halogens is 1. The first-order valence-corrected chi connectivity index (χ1v) is 44.1. The van der Waals surface area contributed by atoms with Gasteiger partial charge in [0.1, 0.15) is 185 Å². The minimum absolute atomic E-state index is 0.0885. The van der Waals surface area contributed by atoms with Crippen LogP contribution in [-0.4, -0.2) is 289 Å². The summed E-state index contributed by atoms with van der Waals surface area (Å²) in [5, 5.41) is 141. The van der Waals surface area contributed by atoms with E-state index in [1.165, 1.54) is 80.7 Å². The third-order valence-electron chi connectivity index (χ3n) is 19.5. The van der Waals surface area contributed by atoms with Crippen molar-refractivity contribution in [2.24, 2.45) is 20.0 Å². The number of hydrogen-bond donors (Lipinski definition) is 12. The molecular weight excluding hydrogens is 1680 g/mol. The first kappa shape index (κ1) is 89.4. The normalized spacial score (nSPS) is 29.5. The van der Waals surface area contributed by atoms with Crippen molar-refractivity contribution in [1.82, 2.24) is 81.2 Å². The van der Waals surface area contributed by atoms with Crippen molar-refractivity contribution < 1.29 is 96.3 Å². The van der Waals surface area contributed by atoms with Crippen molar-refractivity contribution in [3.63, 3.8) is 0 Å². The number of nitrogens with one attached hydrogen (secondary N) is 4. The Morgan fingerprint density at radius 3 is 1.11 bits per heavy atom. The van der Waals surface area contributed by atoms with E-state index in [2.05, 4.69) is 88.6 Å². The molecule has 46 heteroatoms. The summed E-state index contributed by atoms with van der Waals surface area (Å²) in [6, 6.07) is 26.8. The fraction of sp³-hybridized carbons (Fsp3) is 0.507. The Kier molecular flexibility index (Phi) is 30.8. The lowest BCUT2D eigenvalue weighted by atomic mass is 9.98. The molecule has 650 valence electrons. The molecule has 8 aromatic rings. The zero-order valence-corrected chi connectivity index (χ0v) is 70.3. The third-order valence-corrected chi connectivity index (χ3v) is 25.0. The number of nitrogens with zero attached hydrogens (tertiary/aromatic N) is 17. The van der Waals surface area contributed by atoms with E-state index in [1.807, 2.05) is 45.9 Å². The smallest absolute Gasteiger partial charge is 0.175 e. The first-order chi connectivity index (χ1) is 58.4. The maximum Gasteiger partial charge on any atom is 0.175 e. The maximum atomic E-state index is 13.2. The molecule has 8 aliphatic rings. The van der Waals surface area contributed by atoms with Gasteiger partial charge in [-0.15, -0.1) is 20.4 Å². The van der Waals surface area contributed by atoms with E-state index < -0.39 is 107 Å². The van der Waals surface area contributed by atoms with Crippen LogP contribution in [0.15, 0.2) is 147 Å². The standard InChI is InChI=1S/C19H22N6O4S.C19H25N5O6S2.C19H25N5O5S.C18H22FN5O4S/c1-2-21-19-22-15-17(27)16(26)14(29-18(15)30-19)9-25-8-12(23-24-25)10-28-13-6-4-3-5-11(13)7-20;1-3-20-19-21-15-17(26)16(25)14(30-18(15)31-19)9-24-8-11(22-23-24)10-29-12-5-4-6-13(7-12)32(2,27)28;1-3-20-19-21-15-17(26)16(25)14(29-18(15)30-19)9-24-8-11(22-23-24)10-28-13-6-4-5-12(7-13)27-2;1-2-20-18-21-14-16(26)15(25)13(28-17(14)29-18)8-24-7-11(22-23-24)9-27-12-5-3-4-10(19)6-12/h3-6,8,14-18,26-27H,2,9-10H2,1H3,(H,21,22);4-8,14-18,25-26H,3,9-10H2,1-2H3,(H,20,21);4-8,14-18,25-26H,3,9-10H2,1-2H3,(H,20,21);3-7,13-17,25-26H,2,8-9H2,1H3,(H,20,21)/t3*14-,15-,16-,17-,18-;13-,14-,15-,16-,17-/m1111/s1. The van der Waals surface area contributed by atoms with Gasteiger partial charge in [0.25, 0.3) is 0 Å². The summed E-state index contributed by atoms with van der Waals surface area (Å²) >= 11 is 5.62. The Labute approximate surface area is 711 Å². The average molecular weight is 1770 g/mol. The molecule has 40 nitrogen and oxygen atoms in total. The quantitative estimate of drug-likeness (QED) is 0.0359. The summed E-state index contributed by atoms with van der Waals surface area (Å²) in [4.78, 5) is 17.4. The Balaban J connectivity index is 0.000000139. The molecule has 12 heterocycles. The summed E-state index contributed by atoms with van der Waals surface area (Å²) in [5.74, 6) is 2.28. The summed E-state index contributed by atoms with van der Waals surface area (Å²) in [6.07, 6.45) is -2.99. The number of aliphatic imine (C=N–C) groups is 4. The van der Waals surface area contributed by atoms with Crippen molar-refractivity contribution in [1.29, 1.82) is 5.26 Å². The number of aliphatic hydroxyl groups excluding tert-OH is 8. The van der Waals surface area contributed by atoms with Crippen molar-refractivity contribution in [2.45, 2.75) is 204 Å². The van der Waals surface area contributed by atoms with Crippen LogP contribution < -0.4 is 45.0 Å². The van der Waals surface area contributed by atoms with Crippen LogP contribution in [0.4, 0.5) is 4.39 Å². The van der Waals surface area contributed by atoms with Crippen LogP contribution in [0.2, 0.25) is 0 Å². The number of aliphatic hydroxyl groups is 8. The van der Waals surface area contributed by atoms with E-state index in [-0.39, 0.29) is 85.1 Å². The van der Waals surface area contributed by atoms with Gasteiger partial charge in [0.2, 0.25) is 0 Å². The monoisotopic (exact) mass is 1770 g/mol. The molecule has 0 unspecified atom stereocenters. The summed E-state index contributed by atoms with van der Waals surface area (Å²) in [5.41, 5.74) is 1.35. The summed E-state index contributed by atoms with van der Waals surface area (Å²) in [6.45, 7) is 11.7. The lowest BCUT2D eigenvalue weighted by Crippen LogP contribution is -2.59. The molecule has 0 radical (unpaired) electrons. The van der Waals surface area contributed by atoms with Gasteiger partial charge in [-0.05, 0) is 82.3 Å². The van der Waals surface area contributed by atoms with Gasteiger partial charge in [0, 0.05) is 44.6 Å². The fourth-order valence-corrected chi connectivity index (χ4v) is 18.9. The second-order valence-corrected chi connectivity index (χ2v) is 34.6. The van der Waals surface area contributed by atoms with Gasteiger partial charge >= 0.3 is 0 Å². The lowest BCUT2D eigenvalue weighted by Gasteiger charge is -2.38. The number of thioether (sulfide) groups is 4. The SMILES string of the molecule is CCN=C1N[C@@H]2[C@@H](O)[C@H](O)[C@@H](Cn3cc(COc4cccc(F)c4)nn3)O[C@@H]2S1.CCN=C1N[C@@H]2[C@@H](O)[C@H](O)[C@@H](Cn3cc(COc4cccc(OC)c4)nn3)O[C@@H]2S1.CCN=C1N[C@@H]2[C@@H](O)[C@H](O)[C@@H](Cn3cc(COc4cccc(S(C)(=O)=O)c4)nn3)O[C@@H]2S1.CCN=C1N[C@@H]2[C@@H](O)[C@H](O)[C@@H](Cn3cc(COc4ccccc4C#N)nn3)O[C@@H]2S1. The van der Waals surface area contributed by atoms with Crippen LogP contribution in [0.25, 0.3) is 0 Å². The van der Waals surface area contributed by atoms with Crippen LogP contribution in [0.3, 0.4) is 0 Å². The fourth-order valence-electron chi connectivity index (χ4n) is 13.5. The predicted octanol–water partition coefficient (Wildman–Crippen LogP) is 0.962. The number of aromatic nitrogens is 12. The van der Waals surface area contributed by atoms with Gasteiger partial charge < -0.3 is 105 Å². The van der Waals surface area contributed by atoms with Crippen molar-refractivity contribution >= 4 is 77.6 Å². The van der Waals surface area contributed by atoms with E-state index in [1.54, 1.807) is 95.9 Å². The Morgan fingerprint density at radius 1 is 0.446 bits per heavy atom. The van der Waals surface area contributed by atoms with E-state index in [0.29, 0.717) is 98.8 Å². The van der Waals surface area contributed by atoms with Crippen LogP contribution in [-0.2, 0) is 81.4 Å². The Morgan fingerprint density at radius 2 is 0.769 bits per heavy atom. The van der Waals surface area contributed by atoms with Crippen molar-refractivity contribution in [2.75, 3.05) is 39.5 Å². The molecule has 0 spiro atoms. The number of methoxy groups -OCH3 is 1. The van der Waals surface area contributed by atoms with Gasteiger partial charge in [0.05, 0.1) is 92.7 Å². The van der Waals surface area contributed by atoms with Crippen molar-refractivity contribution in [3.05, 3.63) is 156 Å². The summed E-state index contributed by atoms with van der Waals surface area (Å²) < 4.78 is 94.4. The Hall–Kier alpha value is -9.39. The number of hydrogen-bond acceptors (Lipinski definition) is 36. The molecule has 16 rings (SSSR count). The molecule has 0 bridgehead atoms. The lowest BCUT2D eigenvalue weighted by molar-refractivity contribution is -0.160. The molecule has 0 aliphatic carbocycles. The third kappa shape index (κ3) is 23.1. The number of amidine groups is 4. The molecule has 121 heavy (non-hydrogen) atoms. The number of para-hydroxylation sites is 1. The van der Waals surface area contributed by atoms with Crippen LogP contribution in [0.5, 0.6) is 28.7 Å². The average Bonchev–Trinajstić information content (AvgIpc) is 1.60. The predicted molar refractivity (Wildman–Crippen MR) is 440 cm³/mol. The highest BCUT2D eigenvalue weighted by Crippen LogP contribution is 2.39. The number of ether oxygens (including phenoxy) is 9. The number of fused-ring (bicyclic) bond motifs is 4.